The van der Waals surface area contributed by atoms with Crippen molar-refractivity contribution in [3.63, 3.8) is 0 Å². The van der Waals surface area contributed by atoms with Crippen LogP contribution in [0.4, 0.5) is 26.7 Å². The summed E-state index contributed by atoms with van der Waals surface area (Å²) in [6, 6.07) is 14.2. The monoisotopic (exact) mass is 931 g/mol. The molecular weight excluding hydrogens is 887 g/mol. The van der Waals surface area contributed by atoms with Crippen LogP contribution >= 0.6 is 11.8 Å². The average Bonchev–Trinajstić information content (AvgIpc) is 3.83. The minimum absolute atomic E-state index is 0.0337. The summed E-state index contributed by atoms with van der Waals surface area (Å²) in [4.78, 5) is 107. The number of benzene rings is 3. The number of carbonyl (C=O) groups excluding carboxylic acids is 5. The molecule has 4 aliphatic rings. The zero-order valence-corrected chi connectivity index (χ0v) is 36.6. The molecule has 1 N–H and O–H groups in total. The summed E-state index contributed by atoms with van der Waals surface area (Å²) >= 11 is 1.21. The van der Waals surface area contributed by atoms with Crippen LogP contribution in [0.25, 0.3) is 0 Å². The Morgan fingerprint density at radius 1 is 0.727 bits per heavy atom. The van der Waals surface area contributed by atoms with Gasteiger partial charge in [-0.2, -0.15) is 0 Å². The first-order valence-corrected chi connectivity index (χ1v) is 21.8. The van der Waals surface area contributed by atoms with Gasteiger partial charge in [0.25, 0.3) is 17.1 Å². The maximum absolute atomic E-state index is 14.6. The summed E-state index contributed by atoms with van der Waals surface area (Å²) in [7, 11) is 0. The molecule has 348 valence electrons. The molecule has 3 saturated heterocycles. The smallest absolute Gasteiger partial charge is 0.410 e. The number of ether oxygens (including phenoxy) is 3. The molecule has 4 amide bonds. The molecule has 22 nitrogen and oxygen atoms in total. The molecule has 3 fully saturated rings. The van der Waals surface area contributed by atoms with Crippen LogP contribution in [0, 0.1) is 42.2 Å². The van der Waals surface area contributed by atoms with E-state index in [-0.39, 0.29) is 75.2 Å². The number of rotatable bonds is 14. The summed E-state index contributed by atoms with van der Waals surface area (Å²) < 4.78 is 16.8. The summed E-state index contributed by atoms with van der Waals surface area (Å²) in [5.41, 5.74) is 1.00. The molecule has 3 aromatic carbocycles. The van der Waals surface area contributed by atoms with Crippen LogP contribution in [-0.4, -0.2) is 125 Å². The number of thioether (sulfide) groups is 1. The standard InChI is InChI=1S/C43H45N7O15S/c1-24-19-44(42(55)64-22-28-6-12-31(13-7-28)49(59)60)16-17-45(24)39(52)34-18-33(20-46(34)43(56)65-23-29-8-14-32(15-9-29)50(61)62)66-38-25(2)36-35(26(3)51)40(53)47(36)37(38)41(54)63-21-27-4-10-30(11-5-27)48(57)58/h4-15,24-26,33-36,51H,16-23H2,1-3H3/t24-,25-,26-,33+,34+,35-,36-/m1/s1. The van der Waals surface area contributed by atoms with Gasteiger partial charge in [-0.25, -0.2) is 14.4 Å². The predicted molar refractivity (Wildman–Crippen MR) is 231 cm³/mol. The highest BCUT2D eigenvalue weighted by Crippen LogP contribution is 2.52. The molecule has 4 heterocycles. The predicted octanol–water partition coefficient (Wildman–Crippen LogP) is 4.91. The topological polar surface area (TPSA) is 276 Å². The third-order valence-electron chi connectivity index (χ3n) is 12.1. The quantitative estimate of drug-likeness (QED) is 0.0739. The molecule has 0 unspecified atom stereocenters. The molecule has 0 aromatic heterocycles. The zero-order valence-electron chi connectivity index (χ0n) is 35.8. The summed E-state index contributed by atoms with van der Waals surface area (Å²) in [5, 5.41) is 43.3. The highest BCUT2D eigenvalue weighted by Gasteiger charge is 2.61. The average molecular weight is 932 g/mol. The number of carbonyl (C=O) groups is 5. The number of amides is 4. The van der Waals surface area contributed by atoms with Gasteiger partial charge in [0.2, 0.25) is 11.8 Å². The molecule has 7 atom stereocenters. The molecule has 23 heteroatoms. The highest BCUT2D eigenvalue weighted by molar-refractivity contribution is 8.03. The fourth-order valence-corrected chi connectivity index (χ4v) is 10.2. The van der Waals surface area contributed by atoms with Crippen LogP contribution in [0.3, 0.4) is 0 Å². The van der Waals surface area contributed by atoms with Crippen molar-refractivity contribution in [1.29, 1.82) is 0 Å². The number of fused-ring (bicyclic) bond motifs is 1. The molecule has 3 aromatic rings. The maximum Gasteiger partial charge on any atom is 0.410 e. The molecule has 4 aliphatic heterocycles. The lowest BCUT2D eigenvalue weighted by Gasteiger charge is -2.46. The SMILES string of the molecule is C[C@@H]1CN(C(=O)OCc2ccc([N+](=O)[O-])cc2)CCN1C(=O)[C@@H]1C[C@H](SC2=C(C(=O)OCc3ccc([N+](=O)[O-])cc3)N3C(=O)[C@H]([C@@H](C)O)[C@H]3[C@H]2C)CN1C(=O)OCc1ccc([N+](=O)[O-])cc1. The van der Waals surface area contributed by atoms with Gasteiger partial charge in [-0.05, 0) is 73.4 Å². The third kappa shape index (κ3) is 9.76. The van der Waals surface area contributed by atoms with Gasteiger partial charge in [0, 0.05) is 84.7 Å². The minimum Gasteiger partial charge on any atom is -0.456 e. The van der Waals surface area contributed by atoms with Crippen molar-refractivity contribution in [2.75, 3.05) is 26.2 Å². The Balaban J connectivity index is 1.08. The number of β-lactam (4-membered cyclic amide) rings is 1. The van der Waals surface area contributed by atoms with Crippen molar-refractivity contribution in [3.8, 4) is 0 Å². The molecule has 0 bridgehead atoms. The van der Waals surface area contributed by atoms with Gasteiger partial charge in [0.15, 0.2) is 0 Å². The first kappa shape index (κ1) is 46.8. The summed E-state index contributed by atoms with van der Waals surface area (Å²) in [6.07, 6.45) is -2.44. The van der Waals surface area contributed by atoms with Crippen LogP contribution < -0.4 is 0 Å². The second-order valence-corrected chi connectivity index (χ2v) is 17.7. The van der Waals surface area contributed by atoms with E-state index in [1.165, 1.54) is 106 Å². The molecule has 0 aliphatic carbocycles. The number of aliphatic hydroxyl groups is 1. The van der Waals surface area contributed by atoms with Crippen LogP contribution in [-0.2, 0) is 48.4 Å². The van der Waals surface area contributed by atoms with E-state index in [0.717, 1.165) is 0 Å². The van der Waals surface area contributed by atoms with Crippen LogP contribution in [0.15, 0.2) is 83.4 Å². The number of likely N-dealkylation sites (tertiary alicyclic amines) is 1. The number of aliphatic hydroxyl groups excluding tert-OH is 1. The van der Waals surface area contributed by atoms with Gasteiger partial charge in [-0.3, -0.25) is 44.8 Å². The first-order valence-electron chi connectivity index (χ1n) is 20.9. The maximum atomic E-state index is 14.6. The van der Waals surface area contributed by atoms with Crippen molar-refractivity contribution >= 4 is 58.8 Å². The van der Waals surface area contributed by atoms with Crippen molar-refractivity contribution in [2.24, 2.45) is 11.8 Å². The van der Waals surface area contributed by atoms with Crippen LogP contribution in [0.5, 0.6) is 0 Å². The third-order valence-corrected chi connectivity index (χ3v) is 13.6. The molecule has 0 spiro atoms. The molecule has 0 radical (unpaired) electrons. The van der Waals surface area contributed by atoms with Crippen molar-refractivity contribution < 1.29 is 58.1 Å². The Kier molecular flexibility index (Phi) is 13.9. The van der Waals surface area contributed by atoms with E-state index in [0.29, 0.717) is 21.6 Å². The fraction of sp³-hybridized carbons (Fsp3) is 0.419. The highest BCUT2D eigenvalue weighted by atomic mass is 32.2. The second-order valence-electron chi connectivity index (χ2n) is 16.4. The minimum atomic E-state index is -1.08. The van der Waals surface area contributed by atoms with Gasteiger partial charge >= 0.3 is 18.2 Å². The van der Waals surface area contributed by atoms with Crippen molar-refractivity contribution in [1.82, 2.24) is 19.6 Å². The van der Waals surface area contributed by atoms with E-state index in [2.05, 4.69) is 0 Å². The van der Waals surface area contributed by atoms with E-state index >= 15 is 0 Å². The number of non-ortho nitro benzene ring substituents is 3. The van der Waals surface area contributed by atoms with Gasteiger partial charge in [0.1, 0.15) is 31.6 Å². The Hall–Kier alpha value is -7.14. The van der Waals surface area contributed by atoms with Crippen LogP contribution in [0.1, 0.15) is 43.9 Å². The van der Waals surface area contributed by atoms with E-state index in [1.54, 1.807) is 11.8 Å². The number of nitro groups is 3. The Labute approximate surface area is 380 Å². The molecule has 0 saturated carbocycles. The number of hydrogen-bond donors (Lipinski definition) is 1. The summed E-state index contributed by atoms with van der Waals surface area (Å²) in [6.45, 7) is 4.60. The largest absolute Gasteiger partial charge is 0.456 e. The number of hydrogen-bond acceptors (Lipinski definition) is 16. The van der Waals surface area contributed by atoms with E-state index in [4.69, 9.17) is 14.2 Å². The molecule has 66 heavy (non-hydrogen) atoms. The number of esters is 1. The lowest BCUT2D eigenvalue weighted by Crippen LogP contribution is -2.63. The Bertz CT molecular complexity index is 2450. The van der Waals surface area contributed by atoms with Gasteiger partial charge < -0.3 is 34.0 Å². The van der Waals surface area contributed by atoms with Gasteiger partial charge in [0.05, 0.1) is 32.8 Å². The lowest BCUT2D eigenvalue weighted by molar-refractivity contribution is -0.385. The number of piperazine rings is 1. The number of nitro benzene ring substituents is 3. The second kappa shape index (κ2) is 19.5. The van der Waals surface area contributed by atoms with E-state index < -0.39 is 86.1 Å². The van der Waals surface area contributed by atoms with Crippen molar-refractivity contribution in [2.45, 2.75) is 76.5 Å². The lowest BCUT2D eigenvalue weighted by atomic mass is 9.79. The molecular formula is C43H45N7O15S. The van der Waals surface area contributed by atoms with Gasteiger partial charge in [-0.1, -0.05) is 6.92 Å². The van der Waals surface area contributed by atoms with E-state index in [1.807, 2.05) is 6.92 Å². The van der Waals surface area contributed by atoms with E-state index in [9.17, 15) is 59.4 Å². The first-order chi connectivity index (χ1) is 31.4. The van der Waals surface area contributed by atoms with Crippen molar-refractivity contribution in [3.05, 3.63) is 130 Å². The normalized spacial score (nSPS) is 22.9. The fourth-order valence-electron chi connectivity index (χ4n) is 8.63. The van der Waals surface area contributed by atoms with Crippen LogP contribution in [0.2, 0.25) is 0 Å². The zero-order chi connectivity index (χ0) is 47.6. The van der Waals surface area contributed by atoms with Gasteiger partial charge in [-0.15, -0.1) is 11.8 Å². The molecule has 7 rings (SSSR count). The number of nitrogens with zero attached hydrogens (tertiary/aromatic N) is 7. The Morgan fingerprint density at radius 3 is 1.68 bits per heavy atom. The summed E-state index contributed by atoms with van der Waals surface area (Å²) in [5.74, 6) is -3.02. The Morgan fingerprint density at radius 2 is 1.21 bits per heavy atom.